The summed E-state index contributed by atoms with van der Waals surface area (Å²) in [6.45, 7) is 5.81. The summed E-state index contributed by atoms with van der Waals surface area (Å²) in [5.41, 5.74) is 4.25. The first-order valence-corrected chi connectivity index (χ1v) is 8.45. The largest absolute Gasteiger partial charge is 0.342 e. The summed E-state index contributed by atoms with van der Waals surface area (Å²) >= 11 is 0. The minimum Gasteiger partial charge on any atom is -0.342 e. The van der Waals surface area contributed by atoms with E-state index in [1.54, 1.807) is 6.20 Å². The van der Waals surface area contributed by atoms with Gasteiger partial charge in [-0.25, -0.2) is 0 Å². The Morgan fingerprint density at radius 2 is 1.69 bits per heavy atom. The van der Waals surface area contributed by atoms with Gasteiger partial charge in [0.25, 0.3) is 5.91 Å². The van der Waals surface area contributed by atoms with Gasteiger partial charge < -0.3 is 10.6 Å². The summed E-state index contributed by atoms with van der Waals surface area (Å²) in [5, 5.41) is 7.22. The van der Waals surface area contributed by atoms with E-state index < -0.39 is 0 Å². The predicted molar refractivity (Wildman–Crippen MR) is 103 cm³/mol. The molecule has 0 spiro atoms. The molecule has 0 radical (unpaired) electrons. The first-order chi connectivity index (χ1) is 12.5. The third-order valence-electron chi connectivity index (χ3n) is 4.24. The van der Waals surface area contributed by atoms with Crippen LogP contribution < -0.4 is 10.6 Å². The number of nitrogens with one attached hydrogen (secondary N) is 2. The van der Waals surface area contributed by atoms with Crippen molar-refractivity contribution in [3.05, 3.63) is 71.0 Å². The molecule has 132 valence electrons. The predicted octanol–water partition coefficient (Wildman–Crippen LogP) is 3.53. The number of pyridine rings is 1. The lowest BCUT2D eigenvalue weighted by Crippen LogP contribution is -2.33. The molecule has 0 atom stereocenters. The second-order valence-electron chi connectivity index (χ2n) is 6.39. The molecule has 0 saturated heterocycles. The molecule has 26 heavy (non-hydrogen) atoms. The zero-order valence-corrected chi connectivity index (χ0v) is 15.1. The maximum absolute atomic E-state index is 12.4. The van der Waals surface area contributed by atoms with Crippen LogP contribution in [0.4, 0.5) is 5.69 Å². The average Bonchev–Trinajstić information content (AvgIpc) is 2.62. The van der Waals surface area contributed by atoms with E-state index in [0.29, 0.717) is 5.69 Å². The van der Waals surface area contributed by atoms with Gasteiger partial charge in [-0.15, -0.1) is 0 Å². The molecule has 0 aliphatic carbocycles. The SMILES string of the molecule is Cc1cc(C)c(NC(=O)CNC(=O)c2nccc3ccccc23)c(C)c1. The fraction of sp³-hybridized carbons (Fsp3) is 0.190. The van der Waals surface area contributed by atoms with Crippen LogP contribution >= 0.6 is 0 Å². The minimum atomic E-state index is -0.366. The van der Waals surface area contributed by atoms with Crippen LogP contribution in [0, 0.1) is 20.8 Å². The maximum atomic E-state index is 12.4. The second-order valence-corrected chi connectivity index (χ2v) is 6.39. The number of nitrogens with zero attached hydrogens (tertiary/aromatic N) is 1. The van der Waals surface area contributed by atoms with Crippen molar-refractivity contribution in [1.82, 2.24) is 10.3 Å². The van der Waals surface area contributed by atoms with E-state index in [1.807, 2.05) is 63.2 Å². The number of fused-ring (bicyclic) bond motifs is 1. The highest BCUT2D eigenvalue weighted by molar-refractivity contribution is 6.06. The van der Waals surface area contributed by atoms with Gasteiger partial charge in [-0.05, 0) is 43.4 Å². The smallest absolute Gasteiger partial charge is 0.270 e. The van der Waals surface area contributed by atoms with Crippen LogP contribution in [0.15, 0.2) is 48.7 Å². The lowest BCUT2D eigenvalue weighted by atomic mass is 10.1. The summed E-state index contributed by atoms with van der Waals surface area (Å²) in [4.78, 5) is 28.9. The van der Waals surface area contributed by atoms with Gasteiger partial charge in [0.05, 0.1) is 6.54 Å². The molecule has 5 heteroatoms. The Bertz CT molecular complexity index is 967. The standard InChI is InChI=1S/C21H21N3O2/c1-13-10-14(2)19(15(3)11-13)24-18(25)12-23-21(26)20-17-7-5-4-6-16(17)8-9-22-20/h4-11H,12H2,1-3H3,(H,23,26)(H,24,25). The van der Waals surface area contributed by atoms with Crippen LogP contribution in [0.1, 0.15) is 27.2 Å². The van der Waals surface area contributed by atoms with E-state index in [0.717, 1.165) is 33.2 Å². The molecule has 0 saturated carbocycles. The topological polar surface area (TPSA) is 71.1 Å². The number of hydrogen-bond donors (Lipinski definition) is 2. The molecule has 5 nitrogen and oxygen atoms in total. The first-order valence-electron chi connectivity index (χ1n) is 8.45. The van der Waals surface area contributed by atoms with Gasteiger partial charge in [-0.2, -0.15) is 0 Å². The highest BCUT2D eigenvalue weighted by atomic mass is 16.2. The molecule has 0 unspecified atom stereocenters. The molecular weight excluding hydrogens is 326 g/mol. The van der Waals surface area contributed by atoms with Crippen molar-refractivity contribution in [3.63, 3.8) is 0 Å². The van der Waals surface area contributed by atoms with Crippen LogP contribution in [0.25, 0.3) is 10.8 Å². The quantitative estimate of drug-likeness (QED) is 0.758. The van der Waals surface area contributed by atoms with E-state index in [-0.39, 0.29) is 18.4 Å². The van der Waals surface area contributed by atoms with Crippen molar-refractivity contribution in [2.75, 3.05) is 11.9 Å². The lowest BCUT2D eigenvalue weighted by molar-refractivity contribution is -0.115. The molecule has 0 bridgehead atoms. The Hall–Kier alpha value is -3.21. The number of carbonyl (C=O) groups is 2. The monoisotopic (exact) mass is 347 g/mol. The minimum absolute atomic E-state index is 0.115. The normalized spacial score (nSPS) is 10.6. The summed E-state index contributed by atoms with van der Waals surface area (Å²) < 4.78 is 0. The average molecular weight is 347 g/mol. The first kappa shape index (κ1) is 17.6. The van der Waals surface area contributed by atoms with Crippen LogP contribution in [-0.4, -0.2) is 23.3 Å². The zero-order valence-electron chi connectivity index (χ0n) is 15.1. The van der Waals surface area contributed by atoms with Crippen molar-refractivity contribution < 1.29 is 9.59 Å². The molecule has 3 aromatic rings. The van der Waals surface area contributed by atoms with Crippen molar-refractivity contribution in [3.8, 4) is 0 Å². The molecule has 1 heterocycles. The maximum Gasteiger partial charge on any atom is 0.270 e. The molecular formula is C21H21N3O2. The fourth-order valence-electron chi connectivity index (χ4n) is 3.11. The van der Waals surface area contributed by atoms with E-state index in [2.05, 4.69) is 15.6 Å². The van der Waals surface area contributed by atoms with Crippen molar-refractivity contribution >= 4 is 28.3 Å². The zero-order chi connectivity index (χ0) is 18.7. The highest BCUT2D eigenvalue weighted by Crippen LogP contribution is 2.21. The number of hydrogen-bond acceptors (Lipinski definition) is 3. The van der Waals surface area contributed by atoms with E-state index in [1.165, 1.54) is 0 Å². The number of aromatic nitrogens is 1. The Labute approximate surface area is 152 Å². The number of aryl methyl sites for hydroxylation is 3. The number of amides is 2. The molecule has 3 rings (SSSR count). The van der Waals surface area contributed by atoms with Gasteiger partial charge in [0.1, 0.15) is 5.69 Å². The van der Waals surface area contributed by atoms with Gasteiger partial charge in [-0.3, -0.25) is 14.6 Å². The van der Waals surface area contributed by atoms with Crippen LogP contribution in [0.3, 0.4) is 0 Å². The van der Waals surface area contributed by atoms with Crippen LogP contribution in [0.2, 0.25) is 0 Å². The van der Waals surface area contributed by atoms with Gasteiger partial charge in [-0.1, -0.05) is 42.0 Å². The number of carbonyl (C=O) groups excluding carboxylic acids is 2. The summed E-state index contributed by atoms with van der Waals surface area (Å²) in [6, 6.07) is 13.4. The fourth-order valence-corrected chi connectivity index (χ4v) is 3.11. The Balaban J connectivity index is 1.69. The van der Waals surface area contributed by atoms with Gasteiger partial charge in [0.15, 0.2) is 0 Å². The van der Waals surface area contributed by atoms with E-state index >= 15 is 0 Å². The van der Waals surface area contributed by atoms with Crippen LogP contribution in [0.5, 0.6) is 0 Å². The molecule has 0 fully saturated rings. The number of rotatable bonds is 4. The highest BCUT2D eigenvalue weighted by Gasteiger charge is 2.14. The molecule has 0 aliphatic heterocycles. The van der Waals surface area contributed by atoms with Gasteiger partial charge in [0.2, 0.25) is 5.91 Å². The third kappa shape index (κ3) is 3.72. The molecule has 1 aromatic heterocycles. The van der Waals surface area contributed by atoms with Crippen LogP contribution in [-0.2, 0) is 4.79 Å². The lowest BCUT2D eigenvalue weighted by Gasteiger charge is -2.13. The van der Waals surface area contributed by atoms with Crippen molar-refractivity contribution in [2.45, 2.75) is 20.8 Å². The Morgan fingerprint density at radius 3 is 2.42 bits per heavy atom. The Morgan fingerprint density at radius 1 is 1.00 bits per heavy atom. The molecule has 2 amide bonds. The third-order valence-corrected chi connectivity index (χ3v) is 4.24. The molecule has 0 aliphatic rings. The van der Waals surface area contributed by atoms with E-state index in [4.69, 9.17) is 0 Å². The van der Waals surface area contributed by atoms with Gasteiger partial charge >= 0.3 is 0 Å². The summed E-state index contributed by atoms with van der Waals surface area (Å²) in [6.07, 6.45) is 1.59. The Kier molecular flexibility index (Phi) is 4.98. The summed E-state index contributed by atoms with van der Waals surface area (Å²) in [5.74, 6) is -0.636. The second kappa shape index (κ2) is 7.35. The summed E-state index contributed by atoms with van der Waals surface area (Å²) in [7, 11) is 0. The number of benzene rings is 2. The number of anilines is 1. The van der Waals surface area contributed by atoms with Crippen molar-refractivity contribution in [2.24, 2.45) is 0 Å². The van der Waals surface area contributed by atoms with Crippen molar-refractivity contribution in [1.29, 1.82) is 0 Å². The molecule has 2 aromatic carbocycles. The molecule has 2 N–H and O–H groups in total. The van der Waals surface area contributed by atoms with E-state index in [9.17, 15) is 9.59 Å². The van der Waals surface area contributed by atoms with Gasteiger partial charge in [0, 0.05) is 17.3 Å².